The Hall–Kier alpha value is -1.41. The SMILES string of the molecule is CCCc1c(N)ncnc1NCCS(=O)(=O)NCC. The van der Waals surface area contributed by atoms with Gasteiger partial charge in [0.15, 0.2) is 0 Å². The van der Waals surface area contributed by atoms with E-state index >= 15 is 0 Å². The summed E-state index contributed by atoms with van der Waals surface area (Å²) in [5, 5.41) is 3.00. The van der Waals surface area contributed by atoms with Crippen LogP contribution in [-0.2, 0) is 16.4 Å². The minimum absolute atomic E-state index is 0.00366. The number of hydrogen-bond acceptors (Lipinski definition) is 6. The summed E-state index contributed by atoms with van der Waals surface area (Å²) in [5.41, 5.74) is 6.63. The molecule has 0 unspecified atom stereocenters. The van der Waals surface area contributed by atoms with Crippen molar-refractivity contribution in [2.75, 3.05) is 29.9 Å². The van der Waals surface area contributed by atoms with E-state index in [0.717, 1.165) is 18.4 Å². The summed E-state index contributed by atoms with van der Waals surface area (Å²) in [7, 11) is -3.22. The summed E-state index contributed by atoms with van der Waals surface area (Å²) in [6.45, 7) is 4.45. The summed E-state index contributed by atoms with van der Waals surface area (Å²) in [4.78, 5) is 8.05. The zero-order chi connectivity index (χ0) is 14.3. The second-order valence-corrected chi connectivity index (χ2v) is 6.01. The standard InChI is InChI=1S/C11H21N5O2S/c1-3-5-9-10(12)14-8-15-11(9)13-6-7-19(17,18)16-4-2/h8,16H,3-7H2,1-2H3,(H3,12,13,14,15). The fourth-order valence-electron chi connectivity index (χ4n) is 1.67. The highest BCUT2D eigenvalue weighted by Crippen LogP contribution is 2.18. The number of anilines is 2. The highest BCUT2D eigenvalue weighted by Gasteiger charge is 2.11. The molecular weight excluding hydrogens is 266 g/mol. The van der Waals surface area contributed by atoms with Crippen molar-refractivity contribution in [2.24, 2.45) is 0 Å². The van der Waals surface area contributed by atoms with E-state index in [-0.39, 0.29) is 12.3 Å². The van der Waals surface area contributed by atoms with Crippen molar-refractivity contribution in [1.82, 2.24) is 14.7 Å². The molecule has 0 bridgehead atoms. The molecule has 1 rings (SSSR count). The van der Waals surface area contributed by atoms with Crippen LogP contribution in [0.4, 0.5) is 11.6 Å². The minimum atomic E-state index is -3.22. The van der Waals surface area contributed by atoms with E-state index in [1.165, 1.54) is 6.33 Å². The van der Waals surface area contributed by atoms with Gasteiger partial charge in [0.1, 0.15) is 18.0 Å². The molecular formula is C11H21N5O2S. The molecule has 8 heteroatoms. The third-order valence-corrected chi connectivity index (χ3v) is 3.98. The van der Waals surface area contributed by atoms with E-state index in [4.69, 9.17) is 5.73 Å². The van der Waals surface area contributed by atoms with Crippen LogP contribution in [0.25, 0.3) is 0 Å². The van der Waals surface area contributed by atoms with Crippen molar-refractivity contribution in [3.05, 3.63) is 11.9 Å². The number of aromatic nitrogens is 2. The molecule has 0 saturated carbocycles. The van der Waals surface area contributed by atoms with Gasteiger partial charge < -0.3 is 11.1 Å². The predicted molar refractivity (Wildman–Crippen MR) is 76.4 cm³/mol. The average molecular weight is 287 g/mol. The molecule has 19 heavy (non-hydrogen) atoms. The molecule has 0 radical (unpaired) electrons. The third kappa shape index (κ3) is 4.99. The molecule has 0 atom stereocenters. The van der Waals surface area contributed by atoms with Gasteiger partial charge >= 0.3 is 0 Å². The number of nitrogens with zero attached hydrogens (tertiary/aromatic N) is 2. The molecule has 0 aliphatic rings. The van der Waals surface area contributed by atoms with Gasteiger partial charge in [0.05, 0.1) is 5.75 Å². The van der Waals surface area contributed by atoms with E-state index in [1.54, 1.807) is 6.92 Å². The van der Waals surface area contributed by atoms with Gasteiger partial charge in [-0.3, -0.25) is 0 Å². The summed E-state index contributed by atoms with van der Waals surface area (Å²) in [5.74, 6) is 1.05. The topological polar surface area (TPSA) is 110 Å². The normalized spacial score (nSPS) is 11.5. The first-order valence-corrected chi connectivity index (χ1v) is 7.96. The Morgan fingerprint density at radius 3 is 2.68 bits per heavy atom. The zero-order valence-electron chi connectivity index (χ0n) is 11.3. The van der Waals surface area contributed by atoms with Crippen LogP contribution >= 0.6 is 0 Å². The number of hydrogen-bond donors (Lipinski definition) is 3. The summed E-state index contributed by atoms with van der Waals surface area (Å²) in [6, 6.07) is 0. The summed E-state index contributed by atoms with van der Waals surface area (Å²) >= 11 is 0. The van der Waals surface area contributed by atoms with Crippen LogP contribution in [0.1, 0.15) is 25.8 Å². The van der Waals surface area contributed by atoms with Crippen molar-refractivity contribution in [1.29, 1.82) is 0 Å². The lowest BCUT2D eigenvalue weighted by molar-refractivity contribution is 0.584. The van der Waals surface area contributed by atoms with Crippen LogP contribution < -0.4 is 15.8 Å². The Balaban J connectivity index is 2.65. The van der Waals surface area contributed by atoms with Crippen molar-refractivity contribution < 1.29 is 8.42 Å². The van der Waals surface area contributed by atoms with Crippen LogP contribution in [0.5, 0.6) is 0 Å². The van der Waals surface area contributed by atoms with Gasteiger partial charge in [0.25, 0.3) is 0 Å². The van der Waals surface area contributed by atoms with E-state index in [1.807, 2.05) is 6.92 Å². The molecule has 0 amide bonds. The molecule has 0 aliphatic heterocycles. The maximum atomic E-state index is 11.5. The van der Waals surface area contributed by atoms with Gasteiger partial charge in [-0.05, 0) is 6.42 Å². The Bertz CT molecular complexity index is 504. The number of nitrogens with two attached hydrogens (primary N) is 1. The van der Waals surface area contributed by atoms with Crippen molar-refractivity contribution >= 4 is 21.7 Å². The smallest absolute Gasteiger partial charge is 0.213 e. The quantitative estimate of drug-likeness (QED) is 0.637. The monoisotopic (exact) mass is 287 g/mol. The molecule has 0 saturated heterocycles. The van der Waals surface area contributed by atoms with Crippen molar-refractivity contribution in [3.63, 3.8) is 0 Å². The largest absolute Gasteiger partial charge is 0.383 e. The van der Waals surface area contributed by atoms with Crippen LogP contribution in [-0.4, -0.2) is 37.2 Å². The average Bonchev–Trinajstić information content (AvgIpc) is 2.33. The first-order chi connectivity index (χ1) is 9.00. The lowest BCUT2D eigenvalue weighted by atomic mass is 10.1. The molecule has 108 valence electrons. The van der Waals surface area contributed by atoms with Gasteiger partial charge in [-0.2, -0.15) is 0 Å². The summed E-state index contributed by atoms with van der Waals surface area (Å²) in [6.07, 6.45) is 3.05. The van der Waals surface area contributed by atoms with E-state index in [9.17, 15) is 8.42 Å². The Kier molecular flexibility index (Phi) is 5.97. The minimum Gasteiger partial charge on any atom is -0.383 e. The van der Waals surface area contributed by atoms with Crippen LogP contribution in [0.2, 0.25) is 0 Å². The summed E-state index contributed by atoms with van der Waals surface area (Å²) < 4.78 is 25.4. The van der Waals surface area contributed by atoms with Gasteiger partial charge in [-0.1, -0.05) is 20.3 Å². The molecule has 1 aromatic rings. The van der Waals surface area contributed by atoms with E-state index < -0.39 is 10.0 Å². The Labute approximate surface area is 114 Å². The van der Waals surface area contributed by atoms with E-state index in [0.29, 0.717) is 18.2 Å². The van der Waals surface area contributed by atoms with Gasteiger partial charge in [-0.25, -0.2) is 23.1 Å². The van der Waals surface area contributed by atoms with Crippen LogP contribution in [0, 0.1) is 0 Å². The molecule has 0 aliphatic carbocycles. The third-order valence-electron chi connectivity index (χ3n) is 2.51. The molecule has 0 spiro atoms. The van der Waals surface area contributed by atoms with Gasteiger partial charge in [-0.15, -0.1) is 0 Å². The van der Waals surface area contributed by atoms with Crippen LogP contribution in [0.15, 0.2) is 6.33 Å². The molecule has 0 aromatic carbocycles. The van der Waals surface area contributed by atoms with Crippen molar-refractivity contribution in [3.8, 4) is 0 Å². The maximum Gasteiger partial charge on any atom is 0.213 e. The highest BCUT2D eigenvalue weighted by atomic mass is 32.2. The molecule has 7 nitrogen and oxygen atoms in total. The second kappa shape index (κ2) is 7.25. The number of nitrogen functional groups attached to an aromatic ring is 1. The number of rotatable bonds is 8. The lowest BCUT2D eigenvalue weighted by Gasteiger charge is -2.12. The van der Waals surface area contributed by atoms with Crippen LogP contribution in [0.3, 0.4) is 0 Å². The number of nitrogens with one attached hydrogen (secondary N) is 2. The lowest BCUT2D eigenvalue weighted by Crippen LogP contribution is -2.29. The molecule has 0 fully saturated rings. The van der Waals surface area contributed by atoms with Crippen molar-refractivity contribution in [2.45, 2.75) is 26.7 Å². The fraction of sp³-hybridized carbons (Fsp3) is 0.636. The molecule has 4 N–H and O–H groups in total. The van der Waals surface area contributed by atoms with E-state index in [2.05, 4.69) is 20.0 Å². The first-order valence-electron chi connectivity index (χ1n) is 6.30. The highest BCUT2D eigenvalue weighted by molar-refractivity contribution is 7.89. The number of sulfonamides is 1. The molecule has 1 heterocycles. The zero-order valence-corrected chi connectivity index (χ0v) is 12.1. The Morgan fingerprint density at radius 2 is 2.05 bits per heavy atom. The predicted octanol–water partition coefficient (Wildman–Crippen LogP) is 0.363. The maximum absolute atomic E-state index is 11.5. The first kappa shape index (κ1) is 15.6. The fourth-order valence-corrected chi connectivity index (χ4v) is 2.63. The second-order valence-electron chi connectivity index (χ2n) is 4.08. The van der Waals surface area contributed by atoms with Gasteiger partial charge in [0.2, 0.25) is 10.0 Å². The molecule has 1 aromatic heterocycles. The Morgan fingerprint density at radius 1 is 1.32 bits per heavy atom. The van der Waals surface area contributed by atoms with Gasteiger partial charge in [0, 0.05) is 18.7 Å².